The number of rotatable bonds is 3. The van der Waals surface area contributed by atoms with Gasteiger partial charge in [-0.25, -0.2) is 0 Å². The summed E-state index contributed by atoms with van der Waals surface area (Å²) in [6, 6.07) is 27.1. The molecule has 4 nitrogen and oxygen atoms in total. The summed E-state index contributed by atoms with van der Waals surface area (Å²) in [5.74, 6) is -1.64. The van der Waals surface area contributed by atoms with E-state index in [1.807, 2.05) is 59.5 Å². The third-order valence-electron chi connectivity index (χ3n) is 8.34. The molecule has 3 atom stereocenters. The van der Waals surface area contributed by atoms with Crippen molar-refractivity contribution in [2.24, 2.45) is 5.41 Å². The molecular formula is C33H21Cl2NO3. The summed E-state index contributed by atoms with van der Waals surface area (Å²) in [5, 5.41) is 0.739. The number of Topliss-reactive ketones (excluding diaryl/α,β-unsaturated/α-hetero) is 3. The van der Waals surface area contributed by atoms with Crippen molar-refractivity contribution in [3.8, 4) is 0 Å². The Balaban J connectivity index is 1.57. The molecule has 0 radical (unpaired) electrons. The fourth-order valence-electron chi connectivity index (χ4n) is 6.79. The van der Waals surface area contributed by atoms with E-state index in [4.69, 9.17) is 23.2 Å². The molecule has 39 heavy (non-hydrogen) atoms. The topological polar surface area (TPSA) is 54.5 Å². The second-order valence-corrected chi connectivity index (χ2v) is 11.0. The van der Waals surface area contributed by atoms with E-state index in [1.165, 1.54) is 0 Å². The summed E-state index contributed by atoms with van der Waals surface area (Å²) >= 11 is 13.1. The van der Waals surface area contributed by atoms with Gasteiger partial charge in [0.15, 0.2) is 17.3 Å². The predicted octanol–water partition coefficient (Wildman–Crippen LogP) is 7.31. The molecule has 1 saturated heterocycles. The van der Waals surface area contributed by atoms with Crippen LogP contribution in [0.2, 0.25) is 10.0 Å². The van der Waals surface area contributed by atoms with Crippen molar-refractivity contribution in [3.05, 3.63) is 141 Å². The monoisotopic (exact) mass is 549 g/mol. The van der Waals surface area contributed by atoms with Crippen LogP contribution in [0.1, 0.15) is 48.1 Å². The first-order valence-corrected chi connectivity index (χ1v) is 13.5. The number of hydrogen-bond donors (Lipinski definition) is 0. The van der Waals surface area contributed by atoms with Crippen LogP contribution < -0.4 is 4.90 Å². The van der Waals surface area contributed by atoms with Crippen molar-refractivity contribution in [2.45, 2.75) is 18.0 Å². The third kappa shape index (κ3) is 3.22. The van der Waals surface area contributed by atoms with Gasteiger partial charge >= 0.3 is 0 Å². The molecule has 190 valence electrons. The summed E-state index contributed by atoms with van der Waals surface area (Å²) < 4.78 is 0. The van der Waals surface area contributed by atoms with Gasteiger partial charge < -0.3 is 4.90 Å². The fourth-order valence-corrected chi connectivity index (χ4v) is 7.31. The largest absolute Gasteiger partial charge is 0.352 e. The molecule has 7 rings (SSSR count). The Bertz CT molecular complexity index is 1690. The highest BCUT2D eigenvalue weighted by Gasteiger charge is 2.71. The molecule has 1 spiro atoms. The maximum atomic E-state index is 14.6. The van der Waals surface area contributed by atoms with Gasteiger partial charge in [0.2, 0.25) is 0 Å². The minimum absolute atomic E-state index is 0.185. The van der Waals surface area contributed by atoms with Crippen LogP contribution in [0.3, 0.4) is 0 Å². The smallest absolute Gasteiger partial charge is 0.185 e. The van der Waals surface area contributed by atoms with E-state index in [0.717, 1.165) is 11.3 Å². The Morgan fingerprint density at radius 2 is 1.41 bits per heavy atom. The van der Waals surface area contributed by atoms with Crippen LogP contribution in [0.15, 0.2) is 103 Å². The van der Waals surface area contributed by atoms with Crippen molar-refractivity contribution >= 4 is 52.3 Å². The summed E-state index contributed by atoms with van der Waals surface area (Å²) in [5.41, 5.74) is 1.90. The van der Waals surface area contributed by atoms with Crippen LogP contribution in [0, 0.1) is 5.41 Å². The first-order chi connectivity index (χ1) is 18.9. The lowest BCUT2D eigenvalue weighted by molar-refractivity contribution is 0.0666. The van der Waals surface area contributed by atoms with E-state index >= 15 is 0 Å². The Labute approximate surface area is 235 Å². The number of nitrogens with zero attached hydrogens (tertiary/aromatic N) is 1. The van der Waals surface area contributed by atoms with Gasteiger partial charge in [0, 0.05) is 38.3 Å². The van der Waals surface area contributed by atoms with Gasteiger partial charge in [-0.3, -0.25) is 14.4 Å². The number of hydrogen-bond acceptors (Lipinski definition) is 4. The highest BCUT2D eigenvalue weighted by atomic mass is 35.5. The molecule has 2 heterocycles. The number of halogens is 2. The van der Waals surface area contributed by atoms with Gasteiger partial charge in [0.05, 0.1) is 6.04 Å². The standard InChI is InChI=1S/C33H21Cl2NO3/c34-21-15-16-24(25(35)18-21)28-29(30(37)20-9-2-1-3-10-20)36-26-13-7-4-8-19(26)14-17-27(36)33(28)31(38)22-11-5-6-12-23(22)32(33)39/h1-18,27-29H/t27?,28-,29+/m0/s1. The van der Waals surface area contributed by atoms with Gasteiger partial charge in [0.1, 0.15) is 11.5 Å². The molecule has 0 bridgehead atoms. The quantitative estimate of drug-likeness (QED) is 0.198. The van der Waals surface area contributed by atoms with Crippen molar-refractivity contribution in [1.29, 1.82) is 0 Å². The van der Waals surface area contributed by atoms with Crippen LogP contribution in [0.4, 0.5) is 5.69 Å². The maximum absolute atomic E-state index is 14.6. The molecule has 0 saturated carbocycles. The third-order valence-corrected chi connectivity index (χ3v) is 8.90. The van der Waals surface area contributed by atoms with Crippen molar-refractivity contribution in [2.75, 3.05) is 4.90 Å². The summed E-state index contributed by atoms with van der Waals surface area (Å²) in [4.78, 5) is 45.7. The van der Waals surface area contributed by atoms with E-state index in [-0.39, 0.29) is 17.3 Å². The molecule has 0 N–H and O–H groups in total. The van der Waals surface area contributed by atoms with E-state index in [1.54, 1.807) is 54.6 Å². The SMILES string of the molecule is O=C(c1ccccc1)[C@H]1[C@H](c2ccc(Cl)cc2Cl)C2(C(=O)c3ccccc3C2=O)C2C=Cc3ccccc3N21. The fraction of sp³-hybridized carbons (Fsp3) is 0.121. The molecular weight excluding hydrogens is 529 g/mol. The van der Waals surface area contributed by atoms with E-state index < -0.39 is 23.4 Å². The maximum Gasteiger partial charge on any atom is 0.185 e. The zero-order chi connectivity index (χ0) is 26.9. The Morgan fingerprint density at radius 1 is 0.769 bits per heavy atom. The second-order valence-electron chi connectivity index (χ2n) is 10.2. The molecule has 6 heteroatoms. The number of ketones is 3. The number of carbonyl (C=O) groups excluding carboxylic acids is 3. The normalized spacial score (nSPS) is 22.1. The van der Waals surface area contributed by atoms with Crippen LogP contribution in [0.5, 0.6) is 0 Å². The Hall–Kier alpha value is -3.99. The van der Waals surface area contributed by atoms with Crippen molar-refractivity contribution in [3.63, 3.8) is 0 Å². The molecule has 1 unspecified atom stereocenters. The summed E-state index contributed by atoms with van der Waals surface area (Å²) in [6.07, 6.45) is 3.84. The summed E-state index contributed by atoms with van der Waals surface area (Å²) in [6.45, 7) is 0. The lowest BCUT2D eigenvalue weighted by atomic mass is 9.64. The average molecular weight is 550 g/mol. The molecule has 0 aromatic heterocycles. The number of anilines is 1. The first-order valence-electron chi connectivity index (χ1n) is 12.7. The first kappa shape index (κ1) is 24.1. The van der Waals surface area contributed by atoms with Gasteiger partial charge in [-0.15, -0.1) is 0 Å². The molecule has 1 aliphatic carbocycles. The molecule has 0 amide bonds. The molecule has 1 fully saturated rings. The van der Waals surface area contributed by atoms with E-state index in [0.29, 0.717) is 32.3 Å². The van der Waals surface area contributed by atoms with Gasteiger partial charge in [-0.1, -0.05) is 114 Å². The molecule has 3 aliphatic rings. The minimum Gasteiger partial charge on any atom is -0.352 e. The predicted molar refractivity (Wildman–Crippen MR) is 153 cm³/mol. The van der Waals surface area contributed by atoms with Crippen LogP contribution in [-0.2, 0) is 0 Å². The minimum atomic E-state index is -1.60. The van der Waals surface area contributed by atoms with E-state index in [9.17, 15) is 14.4 Å². The van der Waals surface area contributed by atoms with Crippen LogP contribution >= 0.6 is 23.2 Å². The lowest BCUT2D eigenvalue weighted by Crippen LogP contribution is -2.48. The Kier molecular flexibility index (Phi) is 5.41. The zero-order valence-corrected chi connectivity index (χ0v) is 22.1. The lowest BCUT2D eigenvalue weighted by Gasteiger charge is -2.37. The van der Waals surface area contributed by atoms with Gasteiger partial charge in [0.25, 0.3) is 0 Å². The summed E-state index contributed by atoms with van der Waals surface area (Å²) in [7, 11) is 0. The zero-order valence-electron chi connectivity index (χ0n) is 20.6. The van der Waals surface area contributed by atoms with Crippen molar-refractivity contribution < 1.29 is 14.4 Å². The molecule has 4 aromatic carbocycles. The van der Waals surface area contributed by atoms with E-state index in [2.05, 4.69) is 0 Å². The molecule has 2 aliphatic heterocycles. The number of carbonyl (C=O) groups is 3. The molecule has 4 aromatic rings. The average Bonchev–Trinajstić information content (AvgIpc) is 3.39. The van der Waals surface area contributed by atoms with Gasteiger partial charge in [-0.05, 0) is 29.3 Å². The highest BCUT2D eigenvalue weighted by Crippen LogP contribution is 2.61. The van der Waals surface area contributed by atoms with Crippen LogP contribution in [-0.4, -0.2) is 29.4 Å². The van der Waals surface area contributed by atoms with Crippen molar-refractivity contribution in [1.82, 2.24) is 0 Å². The number of para-hydroxylation sites is 1. The van der Waals surface area contributed by atoms with Gasteiger partial charge in [-0.2, -0.15) is 0 Å². The highest BCUT2D eigenvalue weighted by molar-refractivity contribution is 6.36. The Morgan fingerprint density at radius 3 is 2.10 bits per heavy atom. The van der Waals surface area contributed by atoms with Crippen LogP contribution in [0.25, 0.3) is 6.08 Å². The number of benzene rings is 4. The number of fused-ring (bicyclic) bond motifs is 5. The second kappa shape index (κ2) is 8.77.